The first kappa shape index (κ1) is 49.1. The number of carbonyl (C=O) groups is 3. The van der Waals surface area contributed by atoms with Crippen molar-refractivity contribution in [3.8, 4) is 0 Å². The highest BCUT2D eigenvalue weighted by atomic mass is 16.6. The fraction of sp³-hybridized carbons (Fsp3) is 0.889. The minimum absolute atomic E-state index is 0.0690. The Bertz CT molecular complexity index is 794. The van der Waals surface area contributed by atoms with Gasteiger partial charge in [-0.25, -0.2) is 0 Å². The summed E-state index contributed by atoms with van der Waals surface area (Å²) in [6.45, 7) is 6.59. The number of carbonyl (C=O) groups excluding carboxylic acids is 3. The first-order valence-electron chi connectivity index (χ1n) is 22.2. The van der Waals surface area contributed by atoms with Gasteiger partial charge in [0.1, 0.15) is 13.2 Å². The topological polar surface area (TPSA) is 78.9 Å². The minimum atomic E-state index is -0.763. The minimum Gasteiger partial charge on any atom is -0.462 e. The van der Waals surface area contributed by atoms with Crippen molar-refractivity contribution in [1.82, 2.24) is 0 Å². The number of rotatable bonds is 40. The van der Waals surface area contributed by atoms with E-state index in [1.807, 2.05) is 0 Å². The summed E-state index contributed by atoms with van der Waals surface area (Å²) in [6, 6.07) is 0. The molecular weight excluding hydrogens is 636 g/mol. The van der Waals surface area contributed by atoms with Gasteiger partial charge in [-0.05, 0) is 44.9 Å². The molecule has 0 saturated heterocycles. The molecule has 0 aliphatic heterocycles. The van der Waals surface area contributed by atoms with Crippen LogP contribution in [0.4, 0.5) is 0 Å². The maximum absolute atomic E-state index is 12.6. The molecule has 6 heteroatoms. The summed E-state index contributed by atoms with van der Waals surface area (Å²) in [5, 5.41) is 0. The van der Waals surface area contributed by atoms with Gasteiger partial charge in [-0.15, -0.1) is 0 Å². The lowest BCUT2D eigenvalue weighted by Gasteiger charge is -2.18. The number of hydrogen-bond donors (Lipinski definition) is 0. The van der Waals surface area contributed by atoms with E-state index in [0.717, 1.165) is 64.2 Å². The Kier molecular flexibility index (Phi) is 39.4. The molecule has 0 rings (SSSR count). The van der Waals surface area contributed by atoms with E-state index in [1.165, 1.54) is 135 Å². The van der Waals surface area contributed by atoms with Gasteiger partial charge in [0.25, 0.3) is 0 Å². The Morgan fingerprint density at radius 3 is 0.980 bits per heavy atom. The van der Waals surface area contributed by atoms with Crippen LogP contribution < -0.4 is 0 Å². The van der Waals surface area contributed by atoms with Crippen molar-refractivity contribution in [2.24, 2.45) is 0 Å². The molecule has 0 heterocycles. The molecule has 0 spiro atoms. The van der Waals surface area contributed by atoms with Crippen LogP contribution in [0, 0.1) is 0 Å². The van der Waals surface area contributed by atoms with Crippen LogP contribution in [-0.2, 0) is 28.6 Å². The van der Waals surface area contributed by atoms with Crippen molar-refractivity contribution >= 4 is 17.9 Å². The standard InChI is InChI=1S/C45H84O6/c1-4-7-10-13-16-19-20-21-22-23-24-27-29-32-35-38-44(47)50-41-42(51-45(48)39-36-33-30-26-18-15-12-9-6-3)40-49-43(46)37-34-31-28-25-17-14-11-8-5-2/h21-22,42H,4-20,23-41H2,1-3H3/b22-21-/t42-/m1/s1. The molecule has 0 amide bonds. The van der Waals surface area contributed by atoms with Crippen LogP contribution in [0.1, 0.15) is 239 Å². The SMILES string of the molecule is CCCCCCCC/C=C\CCCCCCCC(=O)OC[C@@H](COC(=O)CCCCCCCCCCC)OC(=O)CCCCCCCCCCC. The van der Waals surface area contributed by atoms with Crippen molar-refractivity contribution < 1.29 is 28.6 Å². The summed E-state index contributed by atoms with van der Waals surface area (Å²) in [4.78, 5) is 37.5. The monoisotopic (exact) mass is 721 g/mol. The lowest BCUT2D eigenvalue weighted by molar-refractivity contribution is -0.167. The number of allylic oxidation sites excluding steroid dienone is 2. The normalized spacial score (nSPS) is 12.0. The smallest absolute Gasteiger partial charge is 0.306 e. The maximum Gasteiger partial charge on any atom is 0.306 e. The average molecular weight is 721 g/mol. The third kappa shape index (κ3) is 39.2. The molecule has 51 heavy (non-hydrogen) atoms. The second-order valence-electron chi connectivity index (χ2n) is 15.0. The van der Waals surface area contributed by atoms with Gasteiger partial charge < -0.3 is 14.2 Å². The van der Waals surface area contributed by atoms with Crippen molar-refractivity contribution in [2.75, 3.05) is 13.2 Å². The van der Waals surface area contributed by atoms with Crippen LogP contribution in [0.2, 0.25) is 0 Å². The van der Waals surface area contributed by atoms with Crippen molar-refractivity contribution in [3.63, 3.8) is 0 Å². The maximum atomic E-state index is 12.6. The first-order valence-corrected chi connectivity index (χ1v) is 22.2. The largest absolute Gasteiger partial charge is 0.462 e. The predicted molar refractivity (Wildman–Crippen MR) is 215 cm³/mol. The predicted octanol–water partition coefficient (Wildman–Crippen LogP) is 13.9. The van der Waals surface area contributed by atoms with Crippen LogP contribution in [0.15, 0.2) is 12.2 Å². The van der Waals surface area contributed by atoms with E-state index in [4.69, 9.17) is 14.2 Å². The Balaban J connectivity index is 4.30. The van der Waals surface area contributed by atoms with E-state index in [1.54, 1.807) is 0 Å². The molecule has 0 aromatic carbocycles. The molecule has 0 unspecified atom stereocenters. The molecule has 0 aliphatic carbocycles. The molecule has 300 valence electrons. The summed E-state index contributed by atoms with van der Waals surface area (Å²) in [6.07, 6.45) is 41.9. The number of hydrogen-bond acceptors (Lipinski definition) is 6. The van der Waals surface area contributed by atoms with E-state index in [2.05, 4.69) is 32.9 Å². The van der Waals surface area contributed by atoms with E-state index in [9.17, 15) is 14.4 Å². The number of esters is 3. The van der Waals surface area contributed by atoms with Crippen LogP contribution >= 0.6 is 0 Å². The third-order valence-electron chi connectivity index (χ3n) is 9.77. The second kappa shape index (κ2) is 40.9. The average Bonchev–Trinajstić information content (AvgIpc) is 3.12. The molecule has 1 atom stereocenters. The molecule has 0 bridgehead atoms. The van der Waals surface area contributed by atoms with Gasteiger partial charge in [0.15, 0.2) is 6.10 Å². The highest BCUT2D eigenvalue weighted by Crippen LogP contribution is 2.14. The van der Waals surface area contributed by atoms with Gasteiger partial charge in [-0.2, -0.15) is 0 Å². The summed E-state index contributed by atoms with van der Waals surface area (Å²) in [5.74, 6) is -0.877. The number of unbranched alkanes of at least 4 members (excludes halogenated alkanes) is 27. The quantitative estimate of drug-likeness (QED) is 0.0271. The highest BCUT2D eigenvalue weighted by Gasteiger charge is 2.19. The molecule has 0 fully saturated rings. The zero-order valence-corrected chi connectivity index (χ0v) is 34.1. The summed E-state index contributed by atoms with van der Waals surface area (Å²) in [7, 11) is 0. The van der Waals surface area contributed by atoms with E-state index < -0.39 is 6.10 Å². The van der Waals surface area contributed by atoms with E-state index in [0.29, 0.717) is 19.3 Å². The summed E-state index contributed by atoms with van der Waals surface area (Å²) >= 11 is 0. The van der Waals surface area contributed by atoms with Gasteiger partial charge in [0.05, 0.1) is 0 Å². The molecule has 0 aliphatic rings. The lowest BCUT2D eigenvalue weighted by atomic mass is 10.1. The molecule has 0 aromatic rings. The molecule has 0 aromatic heterocycles. The Hall–Kier alpha value is -1.85. The molecule has 6 nitrogen and oxygen atoms in total. The van der Waals surface area contributed by atoms with Gasteiger partial charge in [0, 0.05) is 19.3 Å². The zero-order chi connectivity index (χ0) is 37.3. The van der Waals surface area contributed by atoms with Crippen LogP contribution in [0.25, 0.3) is 0 Å². The first-order chi connectivity index (χ1) is 25.0. The van der Waals surface area contributed by atoms with Crippen molar-refractivity contribution in [3.05, 3.63) is 12.2 Å². The fourth-order valence-electron chi connectivity index (χ4n) is 6.38. The number of ether oxygens (including phenoxy) is 3. The van der Waals surface area contributed by atoms with Gasteiger partial charge in [-0.3, -0.25) is 14.4 Å². The Morgan fingerprint density at radius 1 is 0.373 bits per heavy atom. The van der Waals surface area contributed by atoms with Gasteiger partial charge >= 0.3 is 17.9 Å². The fourth-order valence-corrected chi connectivity index (χ4v) is 6.38. The van der Waals surface area contributed by atoms with Gasteiger partial charge in [-0.1, -0.05) is 187 Å². The van der Waals surface area contributed by atoms with Crippen molar-refractivity contribution in [1.29, 1.82) is 0 Å². The van der Waals surface area contributed by atoms with Crippen LogP contribution in [0.5, 0.6) is 0 Å². The summed E-state index contributed by atoms with van der Waals surface area (Å²) in [5.41, 5.74) is 0. The van der Waals surface area contributed by atoms with E-state index in [-0.39, 0.29) is 31.1 Å². The van der Waals surface area contributed by atoms with Crippen LogP contribution in [-0.4, -0.2) is 37.2 Å². The van der Waals surface area contributed by atoms with Crippen LogP contribution in [0.3, 0.4) is 0 Å². The Morgan fingerprint density at radius 2 is 0.647 bits per heavy atom. The molecule has 0 N–H and O–H groups in total. The highest BCUT2D eigenvalue weighted by molar-refractivity contribution is 5.71. The van der Waals surface area contributed by atoms with Gasteiger partial charge in [0.2, 0.25) is 0 Å². The second-order valence-corrected chi connectivity index (χ2v) is 15.0. The summed E-state index contributed by atoms with van der Waals surface area (Å²) < 4.78 is 16.6. The van der Waals surface area contributed by atoms with E-state index >= 15 is 0 Å². The molecule has 0 saturated carbocycles. The molecular formula is C45H84O6. The Labute approximate surface area is 316 Å². The third-order valence-corrected chi connectivity index (χ3v) is 9.77. The molecule has 0 radical (unpaired) electrons. The zero-order valence-electron chi connectivity index (χ0n) is 34.1. The lowest BCUT2D eigenvalue weighted by Crippen LogP contribution is -2.30. The van der Waals surface area contributed by atoms with Crippen molar-refractivity contribution in [2.45, 2.75) is 245 Å².